The van der Waals surface area contributed by atoms with E-state index in [1.165, 1.54) is 0 Å². The first-order valence-corrected chi connectivity index (χ1v) is 8.16. The van der Waals surface area contributed by atoms with Gasteiger partial charge < -0.3 is 5.32 Å². The summed E-state index contributed by atoms with van der Waals surface area (Å²) < 4.78 is 0. The maximum absolute atomic E-state index is 12.7. The number of pyridine rings is 2. The Hall–Kier alpha value is -2.27. The predicted octanol–water partition coefficient (Wildman–Crippen LogP) is 1.97. The lowest BCUT2D eigenvalue weighted by atomic mass is 10.1. The zero-order chi connectivity index (χ0) is 15.9. The van der Waals surface area contributed by atoms with Crippen molar-refractivity contribution in [3.05, 3.63) is 60.2 Å². The molecule has 3 heterocycles. The highest BCUT2D eigenvalue weighted by atomic mass is 16.2. The number of nitrogens with one attached hydrogen (secondary N) is 1. The highest BCUT2D eigenvalue weighted by molar-refractivity contribution is 5.83. The molecule has 0 aliphatic carbocycles. The topological polar surface area (TPSA) is 58.1 Å². The summed E-state index contributed by atoms with van der Waals surface area (Å²) >= 11 is 0. The highest BCUT2D eigenvalue weighted by Crippen LogP contribution is 2.24. The first-order chi connectivity index (χ1) is 11.3. The standard InChI is InChI=1S/C18H22N4O/c23-18(21-11-8-16-7-1-2-10-20-16)17(22-12-3-4-13-22)15-6-5-9-19-14-15/h1-2,5-7,9-10,14,17H,3-4,8,11-13H2,(H,21,23)/t17-/m0/s1. The smallest absolute Gasteiger partial charge is 0.242 e. The minimum atomic E-state index is -0.241. The molecule has 0 unspecified atom stereocenters. The number of carbonyl (C=O) groups is 1. The second-order valence-electron chi connectivity index (χ2n) is 5.79. The molecule has 3 rings (SSSR count). The van der Waals surface area contributed by atoms with E-state index in [-0.39, 0.29) is 11.9 Å². The van der Waals surface area contributed by atoms with Gasteiger partial charge in [0, 0.05) is 37.3 Å². The first kappa shape index (κ1) is 15.6. The highest BCUT2D eigenvalue weighted by Gasteiger charge is 2.29. The van der Waals surface area contributed by atoms with Crippen molar-refractivity contribution < 1.29 is 4.79 Å². The molecule has 5 nitrogen and oxygen atoms in total. The summed E-state index contributed by atoms with van der Waals surface area (Å²) in [7, 11) is 0. The molecule has 1 saturated heterocycles. The Kier molecular flexibility index (Phi) is 5.32. The zero-order valence-corrected chi connectivity index (χ0v) is 13.2. The molecule has 120 valence electrons. The SMILES string of the molecule is O=C(NCCc1ccccn1)[C@H](c1cccnc1)N1CCCC1. The second kappa shape index (κ2) is 7.83. The van der Waals surface area contributed by atoms with Gasteiger partial charge in [0.15, 0.2) is 0 Å². The van der Waals surface area contributed by atoms with E-state index >= 15 is 0 Å². The fourth-order valence-electron chi connectivity index (χ4n) is 3.02. The van der Waals surface area contributed by atoms with E-state index in [1.807, 2.05) is 30.3 Å². The molecule has 1 fully saturated rings. The van der Waals surface area contributed by atoms with E-state index in [0.29, 0.717) is 6.54 Å². The average Bonchev–Trinajstić information content (AvgIpc) is 3.11. The summed E-state index contributed by atoms with van der Waals surface area (Å²) in [5, 5.41) is 3.06. The van der Waals surface area contributed by atoms with Crippen LogP contribution in [0.1, 0.15) is 30.1 Å². The van der Waals surface area contributed by atoms with Crippen molar-refractivity contribution >= 4 is 5.91 Å². The molecule has 0 radical (unpaired) electrons. The molecule has 23 heavy (non-hydrogen) atoms. The van der Waals surface area contributed by atoms with Crippen LogP contribution in [0.4, 0.5) is 0 Å². The lowest BCUT2D eigenvalue weighted by molar-refractivity contribution is -0.126. The van der Waals surface area contributed by atoms with Crippen molar-refractivity contribution in [2.45, 2.75) is 25.3 Å². The van der Waals surface area contributed by atoms with Crippen LogP contribution in [-0.2, 0) is 11.2 Å². The third kappa shape index (κ3) is 4.13. The van der Waals surface area contributed by atoms with Gasteiger partial charge in [-0.3, -0.25) is 19.7 Å². The molecule has 1 atom stereocenters. The van der Waals surface area contributed by atoms with Crippen molar-refractivity contribution in [2.24, 2.45) is 0 Å². The van der Waals surface area contributed by atoms with Crippen LogP contribution in [0.15, 0.2) is 48.9 Å². The summed E-state index contributed by atoms with van der Waals surface area (Å²) in [5.41, 5.74) is 1.96. The van der Waals surface area contributed by atoms with Crippen LogP contribution in [0.25, 0.3) is 0 Å². The van der Waals surface area contributed by atoms with Gasteiger partial charge >= 0.3 is 0 Å². The van der Waals surface area contributed by atoms with Crippen LogP contribution >= 0.6 is 0 Å². The number of likely N-dealkylation sites (tertiary alicyclic amines) is 1. The normalized spacial score (nSPS) is 16.2. The molecule has 1 aliphatic rings. The fourth-order valence-corrected chi connectivity index (χ4v) is 3.02. The van der Waals surface area contributed by atoms with Crippen molar-refractivity contribution in [1.82, 2.24) is 20.2 Å². The number of amides is 1. The van der Waals surface area contributed by atoms with Crippen molar-refractivity contribution in [3.63, 3.8) is 0 Å². The molecular formula is C18H22N4O. The van der Waals surface area contributed by atoms with Crippen LogP contribution in [0.3, 0.4) is 0 Å². The molecule has 2 aromatic rings. The Bertz CT molecular complexity index is 611. The Morgan fingerprint density at radius 1 is 1.17 bits per heavy atom. The van der Waals surface area contributed by atoms with E-state index in [4.69, 9.17) is 0 Å². The van der Waals surface area contributed by atoms with Gasteiger partial charge in [0.1, 0.15) is 6.04 Å². The minimum absolute atomic E-state index is 0.0517. The van der Waals surface area contributed by atoms with Gasteiger partial charge in [0.2, 0.25) is 5.91 Å². The van der Waals surface area contributed by atoms with Crippen molar-refractivity contribution in [2.75, 3.05) is 19.6 Å². The van der Waals surface area contributed by atoms with Crippen LogP contribution in [0.2, 0.25) is 0 Å². The third-order valence-corrected chi connectivity index (χ3v) is 4.16. The van der Waals surface area contributed by atoms with Gasteiger partial charge in [-0.1, -0.05) is 12.1 Å². The van der Waals surface area contributed by atoms with Gasteiger partial charge in [0.05, 0.1) is 0 Å². The fraction of sp³-hybridized carbons (Fsp3) is 0.389. The predicted molar refractivity (Wildman–Crippen MR) is 88.7 cm³/mol. The summed E-state index contributed by atoms with van der Waals surface area (Å²) in [6, 6.07) is 9.47. The molecule has 0 spiro atoms. The van der Waals surface area contributed by atoms with E-state index in [1.54, 1.807) is 18.6 Å². The molecule has 1 aliphatic heterocycles. The van der Waals surface area contributed by atoms with Gasteiger partial charge in [-0.15, -0.1) is 0 Å². The number of hydrogen-bond donors (Lipinski definition) is 1. The Balaban J connectivity index is 1.63. The zero-order valence-electron chi connectivity index (χ0n) is 13.2. The van der Waals surface area contributed by atoms with Gasteiger partial charge in [0.25, 0.3) is 0 Å². The van der Waals surface area contributed by atoms with Crippen molar-refractivity contribution in [3.8, 4) is 0 Å². The molecule has 0 bridgehead atoms. The molecule has 5 heteroatoms. The third-order valence-electron chi connectivity index (χ3n) is 4.16. The van der Waals surface area contributed by atoms with Crippen molar-refractivity contribution in [1.29, 1.82) is 0 Å². The Morgan fingerprint density at radius 2 is 2.04 bits per heavy atom. The molecular weight excluding hydrogens is 288 g/mol. The number of rotatable bonds is 6. The van der Waals surface area contributed by atoms with Gasteiger partial charge in [-0.05, 0) is 49.7 Å². The number of aromatic nitrogens is 2. The maximum atomic E-state index is 12.7. The second-order valence-corrected chi connectivity index (χ2v) is 5.79. The van der Waals surface area contributed by atoms with Crippen LogP contribution < -0.4 is 5.32 Å². The molecule has 0 saturated carbocycles. The quantitative estimate of drug-likeness (QED) is 0.886. The van der Waals surface area contributed by atoms with Gasteiger partial charge in [-0.2, -0.15) is 0 Å². The molecule has 1 N–H and O–H groups in total. The summed E-state index contributed by atoms with van der Waals surface area (Å²) in [6.07, 6.45) is 8.35. The Morgan fingerprint density at radius 3 is 2.74 bits per heavy atom. The minimum Gasteiger partial charge on any atom is -0.354 e. The molecule has 0 aromatic carbocycles. The van der Waals surface area contributed by atoms with E-state index in [0.717, 1.165) is 43.6 Å². The number of carbonyl (C=O) groups excluding carboxylic acids is 1. The van der Waals surface area contributed by atoms with E-state index in [2.05, 4.69) is 20.2 Å². The maximum Gasteiger partial charge on any atom is 0.242 e. The van der Waals surface area contributed by atoms with Crippen LogP contribution in [0, 0.1) is 0 Å². The van der Waals surface area contributed by atoms with E-state index < -0.39 is 0 Å². The monoisotopic (exact) mass is 310 g/mol. The molecule has 1 amide bonds. The number of nitrogens with zero attached hydrogens (tertiary/aromatic N) is 3. The average molecular weight is 310 g/mol. The first-order valence-electron chi connectivity index (χ1n) is 8.16. The lowest BCUT2D eigenvalue weighted by Gasteiger charge is -2.26. The van der Waals surface area contributed by atoms with Crippen LogP contribution in [-0.4, -0.2) is 40.4 Å². The largest absolute Gasteiger partial charge is 0.354 e. The van der Waals surface area contributed by atoms with Crippen LogP contribution in [0.5, 0.6) is 0 Å². The Labute approximate surface area is 136 Å². The summed E-state index contributed by atoms with van der Waals surface area (Å²) in [4.78, 5) is 23.4. The molecule has 2 aromatic heterocycles. The van der Waals surface area contributed by atoms with Gasteiger partial charge in [-0.25, -0.2) is 0 Å². The summed E-state index contributed by atoms with van der Waals surface area (Å²) in [6.45, 7) is 2.53. The summed E-state index contributed by atoms with van der Waals surface area (Å²) in [5.74, 6) is 0.0517. The van der Waals surface area contributed by atoms with E-state index in [9.17, 15) is 4.79 Å². The number of hydrogen-bond acceptors (Lipinski definition) is 4. The lowest BCUT2D eigenvalue weighted by Crippen LogP contribution is -2.40.